The van der Waals surface area contributed by atoms with E-state index in [1.54, 1.807) is 0 Å². The molecule has 0 saturated carbocycles. The SMILES string of the molecule is C[C](C)CN1Cc2cccc(Br)c2CC1(C)C. The second-order valence-corrected chi connectivity index (χ2v) is 6.78. The molecule has 0 saturated heterocycles. The van der Waals surface area contributed by atoms with Crippen LogP contribution in [0.4, 0.5) is 0 Å². The predicted octanol–water partition coefficient (Wildman–Crippen LogP) is 4.20. The number of fused-ring (bicyclic) bond motifs is 1. The summed E-state index contributed by atoms with van der Waals surface area (Å²) < 4.78 is 1.26. The molecule has 0 unspecified atom stereocenters. The highest BCUT2D eigenvalue weighted by Gasteiger charge is 2.33. The highest BCUT2D eigenvalue weighted by atomic mass is 79.9. The zero-order valence-electron chi connectivity index (χ0n) is 11.2. The first-order valence-corrected chi connectivity index (χ1v) is 7.00. The van der Waals surface area contributed by atoms with Gasteiger partial charge in [0, 0.05) is 23.1 Å². The Morgan fingerprint density at radius 2 is 2.06 bits per heavy atom. The summed E-state index contributed by atoms with van der Waals surface area (Å²) in [5.74, 6) is 1.48. The number of halogens is 1. The molecular formula is C15H21BrN. The van der Waals surface area contributed by atoms with Gasteiger partial charge in [0.05, 0.1) is 0 Å². The molecular weight excluding hydrogens is 274 g/mol. The molecule has 1 radical (unpaired) electrons. The Hall–Kier alpha value is -0.340. The average Bonchev–Trinajstić information content (AvgIpc) is 2.20. The molecule has 17 heavy (non-hydrogen) atoms. The second-order valence-electron chi connectivity index (χ2n) is 5.93. The summed E-state index contributed by atoms with van der Waals surface area (Å²) in [5, 5.41) is 0. The van der Waals surface area contributed by atoms with Crippen LogP contribution >= 0.6 is 15.9 Å². The number of benzene rings is 1. The molecule has 0 aliphatic carbocycles. The van der Waals surface area contributed by atoms with E-state index in [2.05, 4.69) is 66.7 Å². The van der Waals surface area contributed by atoms with E-state index in [0.717, 1.165) is 19.5 Å². The lowest BCUT2D eigenvalue weighted by Crippen LogP contribution is -2.49. The zero-order chi connectivity index (χ0) is 12.6. The number of hydrogen-bond acceptors (Lipinski definition) is 1. The minimum Gasteiger partial charge on any atom is -0.293 e. The van der Waals surface area contributed by atoms with Gasteiger partial charge in [-0.25, -0.2) is 0 Å². The Morgan fingerprint density at radius 3 is 2.71 bits per heavy atom. The van der Waals surface area contributed by atoms with Crippen molar-refractivity contribution >= 4 is 15.9 Å². The van der Waals surface area contributed by atoms with Gasteiger partial charge in [0.1, 0.15) is 0 Å². The van der Waals surface area contributed by atoms with E-state index in [4.69, 9.17) is 0 Å². The molecule has 1 aromatic carbocycles. The van der Waals surface area contributed by atoms with Crippen LogP contribution in [-0.2, 0) is 13.0 Å². The van der Waals surface area contributed by atoms with E-state index >= 15 is 0 Å². The third-order valence-corrected chi connectivity index (χ3v) is 4.29. The molecule has 0 aromatic heterocycles. The molecule has 2 heteroatoms. The maximum Gasteiger partial charge on any atom is 0.0242 e. The van der Waals surface area contributed by atoms with Crippen molar-refractivity contribution in [2.24, 2.45) is 0 Å². The summed E-state index contributed by atoms with van der Waals surface area (Å²) >= 11 is 3.68. The molecule has 1 aliphatic rings. The lowest BCUT2D eigenvalue weighted by molar-refractivity contribution is 0.103. The summed E-state index contributed by atoms with van der Waals surface area (Å²) in [6.07, 6.45) is 1.12. The fourth-order valence-electron chi connectivity index (χ4n) is 2.57. The average molecular weight is 295 g/mol. The molecule has 0 fully saturated rings. The van der Waals surface area contributed by atoms with Gasteiger partial charge in [0.25, 0.3) is 0 Å². The van der Waals surface area contributed by atoms with Gasteiger partial charge in [-0.05, 0) is 43.4 Å². The Morgan fingerprint density at radius 1 is 1.35 bits per heavy atom. The van der Waals surface area contributed by atoms with Crippen molar-refractivity contribution in [3.63, 3.8) is 0 Å². The fraction of sp³-hybridized carbons (Fsp3) is 0.533. The van der Waals surface area contributed by atoms with E-state index in [0.29, 0.717) is 0 Å². The normalized spacial score (nSPS) is 19.4. The summed E-state index contributed by atoms with van der Waals surface area (Å²) in [6, 6.07) is 6.55. The van der Waals surface area contributed by atoms with Crippen LogP contribution in [0.1, 0.15) is 38.8 Å². The molecule has 0 atom stereocenters. The second kappa shape index (κ2) is 4.74. The summed E-state index contributed by atoms with van der Waals surface area (Å²) in [7, 11) is 0. The van der Waals surface area contributed by atoms with Gasteiger partial charge in [0.2, 0.25) is 0 Å². The van der Waals surface area contributed by atoms with Crippen LogP contribution in [0.3, 0.4) is 0 Å². The monoisotopic (exact) mass is 294 g/mol. The van der Waals surface area contributed by atoms with Crippen molar-refractivity contribution in [2.45, 2.75) is 46.2 Å². The fourth-order valence-corrected chi connectivity index (χ4v) is 3.11. The summed E-state index contributed by atoms with van der Waals surface area (Å²) in [4.78, 5) is 2.58. The third-order valence-electron chi connectivity index (χ3n) is 3.55. The quantitative estimate of drug-likeness (QED) is 0.790. The molecule has 93 valence electrons. The molecule has 0 bridgehead atoms. The van der Waals surface area contributed by atoms with Crippen molar-refractivity contribution < 1.29 is 0 Å². The minimum atomic E-state index is 0.244. The first-order chi connectivity index (χ1) is 7.90. The van der Waals surface area contributed by atoms with Crippen LogP contribution < -0.4 is 0 Å². The summed E-state index contributed by atoms with van der Waals surface area (Å²) in [6.45, 7) is 11.3. The van der Waals surface area contributed by atoms with E-state index in [-0.39, 0.29) is 5.54 Å². The van der Waals surface area contributed by atoms with Crippen molar-refractivity contribution in [1.82, 2.24) is 4.90 Å². The maximum atomic E-state index is 3.68. The van der Waals surface area contributed by atoms with Gasteiger partial charge in [-0.1, -0.05) is 41.9 Å². The van der Waals surface area contributed by atoms with Gasteiger partial charge in [0.15, 0.2) is 0 Å². The van der Waals surface area contributed by atoms with Gasteiger partial charge in [-0.2, -0.15) is 0 Å². The molecule has 1 heterocycles. The van der Waals surface area contributed by atoms with Gasteiger partial charge in [-0.3, -0.25) is 4.90 Å². The number of rotatable bonds is 2. The lowest BCUT2D eigenvalue weighted by Gasteiger charge is -2.44. The third kappa shape index (κ3) is 2.74. The smallest absolute Gasteiger partial charge is 0.0242 e. The molecule has 0 N–H and O–H groups in total. The molecule has 1 nitrogen and oxygen atoms in total. The summed E-state index contributed by atoms with van der Waals surface area (Å²) in [5.41, 5.74) is 3.20. The Balaban J connectivity index is 2.31. The molecule has 1 aliphatic heterocycles. The Labute approximate surface area is 113 Å². The maximum absolute atomic E-state index is 3.68. The first-order valence-electron chi connectivity index (χ1n) is 6.20. The highest BCUT2D eigenvalue weighted by molar-refractivity contribution is 9.10. The minimum absolute atomic E-state index is 0.244. The molecule has 1 aromatic rings. The van der Waals surface area contributed by atoms with Crippen LogP contribution in [0.5, 0.6) is 0 Å². The van der Waals surface area contributed by atoms with Crippen LogP contribution in [0.15, 0.2) is 22.7 Å². The van der Waals surface area contributed by atoms with Gasteiger partial charge >= 0.3 is 0 Å². The van der Waals surface area contributed by atoms with Crippen molar-refractivity contribution in [2.75, 3.05) is 6.54 Å². The van der Waals surface area contributed by atoms with Gasteiger partial charge < -0.3 is 0 Å². The van der Waals surface area contributed by atoms with Crippen molar-refractivity contribution in [3.8, 4) is 0 Å². The number of nitrogens with zero attached hydrogens (tertiary/aromatic N) is 1. The van der Waals surface area contributed by atoms with Crippen LogP contribution in [0, 0.1) is 5.92 Å². The standard InChI is InChI=1S/C15H21BrN/c1-11(2)9-17-10-12-6-5-7-14(16)13(12)8-15(17,3)4/h5-7H,8-10H2,1-4H3. The zero-order valence-corrected chi connectivity index (χ0v) is 12.8. The van der Waals surface area contributed by atoms with E-state index in [1.165, 1.54) is 21.5 Å². The van der Waals surface area contributed by atoms with Crippen LogP contribution in [0.2, 0.25) is 0 Å². The largest absolute Gasteiger partial charge is 0.293 e. The predicted molar refractivity (Wildman–Crippen MR) is 76.9 cm³/mol. The van der Waals surface area contributed by atoms with Crippen LogP contribution in [-0.4, -0.2) is 17.0 Å². The topological polar surface area (TPSA) is 3.24 Å². The Bertz CT molecular complexity index is 409. The van der Waals surface area contributed by atoms with Crippen LogP contribution in [0.25, 0.3) is 0 Å². The van der Waals surface area contributed by atoms with E-state index < -0.39 is 0 Å². The van der Waals surface area contributed by atoms with Gasteiger partial charge in [-0.15, -0.1) is 0 Å². The van der Waals surface area contributed by atoms with Crippen molar-refractivity contribution in [1.29, 1.82) is 0 Å². The van der Waals surface area contributed by atoms with Crippen molar-refractivity contribution in [3.05, 3.63) is 39.7 Å². The van der Waals surface area contributed by atoms with E-state index in [1.807, 2.05) is 0 Å². The molecule has 0 amide bonds. The Kier molecular flexibility index (Phi) is 3.65. The van der Waals surface area contributed by atoms with E-state index in [9.17, 15) is 0 Å². The first kappa shape index (κ1) is 13.1. The number of hydrogen-bond donors (Lipinski definition) is 0. The highest BCUT2D eigenvalue weighted by Crippen LogP contribution is 2.35. The molecule has 0 spiro atoms. The molecule has 2 rings (SSSR count). The lowest BCUT2D eigenvalue weighted by atomic mass is 9.85.